The molecule has 4 unspecified atom stereocenters. The number of fused-ring (bicyclic) bond motifs is 1. The lowest BCUT2D eigenvalue weighted by atomic mass is 10.1. The summed E-state index contributed by atoms with van der Waals surface area (Å²) in [7, 11) is 0. The number of nitrogens with zero attached hydrogens (tertiary/aromatic N) is 4. The lowest BCUT2D eigenvalue weighted by molar-refractivity contribution is -0.155. The van der Waals surface area contributed by atoms with E-state index >= 15 is 0 Å². The minimum atomic E-state index is -1.93. The van der Waals surface area contributed by atoms with Gasteiger partial charge >= 0.3 is 5.97 Å². The summed E-state index contributed by atoms with van der Waals surface area (Å²) >= 11 is 0. The fourth-order valence-electron chi connectivity index (χ4n) is 2.12. The molecule has 10 heteroatoms. The van der Waals surface area contributed by atoms with E-state index < -0.39 is 30.6 Å². The van der Waals surface area contributed by atoms with Crippen LogP contribution in [0.15, 0.2) is 12.7 Å². The number of aliphatic carboxylic acids is 1. The monoisotopic (exact) mass is 283 g/mol. The second kappa shape index (κ2) is 4.35. The van der Waals surface area contributed by atoms with E-state index in [1.165, 1.54) is 17.2 Å². The zero-order chi connectivity index (χ0) is 14.4. The van der Waals surface area contributed by atoms with Crippen molar-refractivity contribution >= 4 is 23.0 Å². The molecular weight excluding hydrogens is 273 g/mol. The summed E-state index contributed by atoms with van der Waals surface area (Å²) < 4.78 is 20.2. The first kappa shape index (κ1) is 12.7. The van der Waals surface area contributed by atoms with Crippen molar-refractivity contribution in [3.8, 4) is 0 Å². The number of carboxylic acid groups (broad SMARTS) is 1. The minimum absolute atomic E-state index is 0.109. The average molecular weight is 283 g/mol. The zero-order valence-corrected chi connectivity index (χ0v) is 9.92. The number of aromatic nitrogens is 4. The van der Waals surface area contributed by atoms with Crippen molar-refractivity contribution in [2.75, 3.05) is 5.73 Å². The van der Waals surface area contributed by atoms with Crippen molar-refractivity contribution in [2.24, 2.45) is 0 Å². The second-order valence-corrected chi connectivity index (χ2v) is 4.30. The molecule has 1 fully saturated rings. The van der Waals surface area contributed by atoms with E-state index in [0.717, 1.165) is 0 Å². The highest BCUT2D eigenvalue weighted by atomic mass is 19.1. The Morgan fingerprint density at radius 2 is 2.20 bits per heavy atom. The molecule has 4 atom stereocenters. The number of carboxylic acids is 1. The molecular formula is C10H10FN5O4. The second-order valence-electron chi connectivity index (χ2n) is 4.30. The van der Waals surface area contributed by atoms with E-state index in [0.29, 0.717) is 0 Å². The van der Waals surface area contributed by atoms with Crippen LogP contribution in [0.4, 0.5) is 10.2 Å². The molecule has 1 aliphatic rings. The molecule has 1 aliphatic heterocycles. The van der Waals surface area contributed by atoms with Crippen LogP contribution in [0, 0.1) is 0 Å². The Balaban J connectivity index is 2.04. The van der Waals surface area contributed by atoms with Crippen LogP contribution in [-0.2, 0) is 9.53 Å². The van der Waals surface area contributed by atoms with Crippen LogP contribution in [0.2, 0.25) is 0 Å². The van der Waals surface area contributed by atoms with Gasteiger partial charge in [0.05, 0.1) is 6.33 Å². The number of carbonyl (C=O) groups is 1. The molecule has 3 heterocycles. The molecule has 3 rings (SSSR count). The van der Waals surface area contributed by atoms with Crippen LogP contribution in [0.5, 0.6) is 0 Å². The molecule has 4 N–H and O–H groups in total. The van der Waals surface area contributed by atoms with Gasteiger partial charge in [-0.25, -0.2) is 24.1 Å². The number of rotatable bonds is 2. The number of ether oxygens (including phenoxy) is 1. The molecule has 2 aromatic rings. The van der Waals surface area contributed by atoms with Crippen LogP contribution in [0.1, 0.15) is 6.23 Å². The van der Waals surface area contributed by atoms with E-state index in [9.17, 15) is 14.3 Å². The normalized spacial score (nSPS) is 29.9. The van der Waals surface area contributed by atoms with E-state index in [-0.39, 0.29) is 17.0 Å². The Morgan fingerprint density at radius 3 is 2.85 bits per heavy atom. The number of anilines is 1. The fourth-order valence-corrected chi connectivity index (χ4v) is 2.12. The standard InChI is InChI=1S/C10H10FN5O4/c11-3-5(17)6(10(18)19)20-9(3)16-2-15-4-7(12)13-1-14-8(4)16/h1-3,5-6,9,17H,(H,18,19)(H2,12,13,14). The zero-order valence-electron chi connectivity index (χ0n) is 9.92. The lowest BCUT2D eigenvalue weighted by Crippen LogP contribution is -2.34. The average Bonchev–Trinajstić information content (AvgIpc) is 2.94. The van der Waals surface area contributed by atoms with Gasteiger partial charge in [0.25, 0.3) is 0 Å². The van der Waals surface area contributed by atoms with Crippen LogP contribution in [0.25, 0.3) is 11.2 Å². The van der Waals surface area contributed by atoms with Crippen molar-refractivity contribution in [1.82, 2.24) is 19.5 Å². The highest BCUT2D eigenvalue weighted by Crippen LogP contribution is 2.33. The molecule has 1 saturated heterocycles. The van der Waals surface area contributed by atoms with Crippen molar-refractivity contribution in [1.29, 1.82) is 0 Å². The molecule has 0 bridgehead atoms. The van der Waals surface area contributed by atoms with E-state index in [4.69, 9.17) is 15.6 Å². The first-order chi connectivity index (χ1) is 9.50. The topological polar surface area (TPSA) is 136 Å². The van der Waals surface area contributed by atoms with E-state index in [2.05, 4.69) is 15.0 Å². The minimum Gasteiger partial charge on any atom is -0.479 e. The van der Waals surface area contributed by atoms with Gasteiger partial charge in [-0.1, -0.05) is 0 Å². The molecule has 0 amide bonds. The molecule has 0 saturated carbocycles. The maximum absolute atomic E-state index is 14.0. The number of hydrogen-bond donors (Lipinski definition) is 3. The summed E-state index contributed by atoms with van der Waals surface area (Å²) in [5.74, 6) is -1.33. The Labute approximate surface area is 110 Å². The largest absolute Gasteiger partial charge is 0.479 e. The summed E-state index contributed by atoms with van der Waals surface area (Å²) in [5, 5.41) is 18.4. The number of nitrogens with two attached hydrogens (primary N) is 1. The molecule has 0 aromatic carbocycles. The number of nitrogen functional groups attached to an aromatic ring is 1. The summed E-state index contributed by atoms with van der Waals surface area (Å²) in [6.45, 7) is 0. The highest BCUT2D eigenvalue weighted by Gasteiger charge is 2.49. The van der Waals surface area contributed by atoms with E-state index in [1.54, 1.807) is 0 Å². The van der Waals surface area contributed by atoms with E-state index in [1.807, 2.05) is 0 Å². The SMILES string of the molecule is Nc1ncnc2c1ncn2C1OC(C(=O)O)C(O)C1F. The van der Waals surface area contributed by atoms with Gasteiger partial charge in [0, 0.05) is 0 Å². The molecule has 0 spiro atoms. The van der Waals surface area contributed by atoms with Gasteiger partial charge in [-0.05, 0) is 0 Å². The van der Waals surface area contributed by atoms with Crippen LogP contribution in [0.3, 0.4) is 0 Å². The number of aliphatic hydroxyl groups excluding tert-OH is 1. The predicted molar refractivity (Wildman–Crippen MR) is 62.2 cm³/mol. The third-order valence-corrected chi connectivity index (χ3v) is 3.10. The van der Waals surface area contributed by atoms with Gasteiger partial charge in [0.1, 0.15) is 17.9 Å². The third kappa shape index (κ3) is 1.69. The highest BCUT2D eigenvalue weighted by molar-refractivity contribution is 5.81. The van der Waals surface area contributed by atoms with Gasteiger partial charge < -0.3 is 20.7 Å². The van der Waals surface area contributed by atoms with Crippen molar-refractivity contribution in [2.45, 2.75) is 24.6 Å². The van der Waals surface area contributed by atoms with Gasteiger partial charge in [-0.3, -0.25) is 4.57 Å². The molecule has 0 radical (unpaired) electrons. The predicted octanol–water partition coefficient (Wildman–Crippen LogP) is -0.910. The summed E-state index contributed by atoms with van der Waals surface area (Å²) in [5.41, 5.74) is 6.05. The number of imidazole rings is 1. The van der Waals surface area contributed by atoms with Gasteiger partial charge in [-0.15, -0.1) is 0 Å². The third-order valence-electron chi connectivity index (χ3n) is 3.10. The van der Waals surface area contributed by atoms with Crippen molar-refractivity contribution in [3.63, 3.8) is 0 Å². The van der Waals surface area contributed by atoms with Gasteiger partial charge in [0.15, 0.2) is 30.0 Å². The Bertz CT molecular complexity index is 677. The Morgan fingerprint density at radius 1 is 1.45 bits per heavy atom. The number of hydrogen-bond acceptors (Lipinski definition) is 7. The van der Waals surface area contributed by atoms with Crippen molar-refractivity contribution in [3.05, 3.63) is 12.7 Å². The molecule has 0 aliphatic carbocycles. The summed E-state index contributed by atoms with van der Waals surface area (Å²) in [6, 6.07) is 0. The number of alkyl halides is 1. The van der Waals surface area contributed by atoms with Crippen molar-refractivity contribution < 1.29 is 24.1 Å². The molecule has 20 heavy (non-hydrogen) atoms. The lowest BCUT2D eigenvalue weighted by Gasteiger charge is -2.14. The van der Waals surface area contributed by atoms with Crippen LogP contribution < -0.4 is 5.73 Å². The van der Waals surface area contributed by atoms with Gasteiger partial charge in [0.2, 0.25) is 0 Å². The van der Waals surface area contributed by atoms with Crippen LogP contribution >= 0.6 is 0 Å². The van der Waals surface area contributed by atoms with Gasteiger partial charge in [-0.2, -0.15) is 0 Å². The summed E-state index contributed by atoms with van der Waals surface area (Å²) in [4.78, 5) is 22.4. The number of aliphatic hydroxyl groups is 1. The fraction of sp³-hybridized carbons (Fsp3) is 0.400. The molecule has 9 nitrogen and oxygen atoms in total. The molecule has 106 valence electrons. The first-order valence-electron chi connectivity index (χ1n) is 5.64. The summed E-state index contributed by atoms with van der Waals surface area (Å²) in [6.07, 6.45) is -4.30. The van der Waals surface area contributed by atoms with Crippen LogP contribution in [-0.4, -0.2) is 54.1 Å². The Kier molecular flexibility index (Phi) is 2.76. The maximum atomic E-state index is 14.0. The smallest absolute Gasteiger partial charge is 0.335 e. The first-order valence-corrected chi connectivity index (χ1v) is 5.64. The quantitative estimate of drug-likeness (QED) is 0.644. The number of halogens is 1. The Hall–Kier alpha value is -2.33. The maximum Gasteiger partial charge on any atom is 0.335 e. The molecule has 2 aromatic heterocycles.